The van der Waals surface area contributed by atoms with Crippen LogP contribution in [-0.2, 0) is 9.53 Å². The number of rotatable bonds is 6. The monoisotopic (exact) mass is 436 g/mol. The molecule has 0 radical (unpaired) electrons. The Hall–Kier alpha value is -3.13. The van der Waals surface area contributed by atoms with Crippen molar-refractivity contribution in [2.45, 2.75) is 13.0 Å². The molecule has 0 fully saturated rings. The number of halogens is 3. The lowest BCUT2D eigenvalue weighted by molar-refractivity contribution is -0.139. The lowest BCUT2D eigenvalue weighted by Crippen LogP contribution is -2.48. The Morgan fingerprint density at radius 1 is 1.23 bits per heavy atom. The Kier molecular flexibility index (Phi) is 6.56. The van der Waals surface area contributed by atoms with Gasteiger partial charge < -0.3 is 14.8 Å². The smallest absolute Gasteiger partial charge is 0.338 e. The molecule has 1 heterocycles. The maximum Gasteiger partial charge on any atom is 0.338 e. The first-order chi connectivity index (χ1) is 14.3. The third-order valence-corrected chi connectivity index (χ3v) is 4.75. The Morgan fingerprint density at radius 3 is 2.67 bits per heavy atom. The van der Waals surface area contributed by atoms with Gasteiger partial charge in [0.05, 0.1) is 23.9 Å². The first kappa shape index (κ1) is 21.6. The van der Waals surface area contributed by atoms with E-state index < -0.39 is 29.7 Å². The van der Waals surface area contributed by atoms with E-state index in [1.807, 2.05) is 0 Å². The van der Waals surface area contributed by atoms with Crippen molar-refractivity contribution >= 4 is 23.6 Å². The van der Waals surface area contributed by atoms with Crippen LogP contribution in [0.25, 0.3) is 0 Å². The highest BCUT2D eigenvalue weighted by Crippen LogP contribution is 2.32. The molecule has 0 aliphatic carbocycles. The average Bonchev–Trinajstić information content (AvgIpc) is 2.70. The minimum absolute atomic E-state index is 0.114. The zero-order valence-electron chi connectivity index (χ0n) is 16.2. The Balaban J connectivity index is 2.04. The molecule has 0 unspecified atom stereocenters. The molecule has 1 N–H and O–H groups in total. The van der Waals surface area contributed by atoms with Gasteiger partial charge in [0.2, 0.25) is 0 Å². The molecule has 3 rings (SSSR count). The molecular weight excluding hydrogens is 418 g/mol. The number of nitrogens with one attached hydrogen (secondary N) is 1. The van der Waals surface area contributed by atoms with Crippen LogP contribution >= 0.6 is 11.6 Å². The van der Waals surface area contributed by atoms with Crippen molar-refractivity contribution in [3.05, 3.63) is 76.0 Å². The quantitative estimate of drug-likeness (QED) is 0.689. The van der Waals surface area contributed by atoms with Gasteiger partial charge in [-0.05, 0) is 36.8 Å². The standard InChI is InChI=1S/C21H19ClF2N2O4/c1-3-29-20(27)18-16(11-30-17-8-7-14(23)10-15(17)24)26(2)21(28)25-19(18)12-5-4-6-13(22)9-12/h4-10,19H,3,11H2,1-2H3,(H,25,28)/t19-/m0/s1. The number of urea groups is 1. The molecular formula is C21H19ClF2N2O4. The predicted molar refractivity (Wildman–Crippen MR) is 106 cm³/mol. The molecule has 1 aliphatic rings. The molecule has 1 atom stereocenters. The van der Waals surface area contributed by atoms with Crippen molar-refractivity contribution in [2.24, 2.45) is 0 Å². The van der Waals surface area contributed by atoms with E-state index in [0.717, 1.165) is 12.1 Å². The van der Waals surface area contributed by atoms with Gasteiger partial charge in [0.1, 0.15) is 12.4 Å². The van der Waals surface area contributed by atoms with Crippen molar-refractivity contribution in [2.75, 3.05) is 20.3 Å². The molecule has 0 aromatic heterocycles. The second kappa shape index (κ2) is 9.13. The molecule has 2 aromatic rings. The van der Waals surface area contributed by atoms with Gasteiger partial charge in [-0.1, -0.05) is 23.7 Å². The number of benzene rings is 2. The molecule has 0 spiro atoms. The molecule has 6 nitrogen and oxygen atoms in total. The van der Waals surface area contributed by atoms with Crippen LogP contribution in [0, 0.1) is 11.6 Å². The summed E-state index contributed by atoms with van der Waals surface area (Å²) in [7, 11) is 1.45. The number of likely N-dealkylation sites (N-methyl/N-ethyl adjacent to an activating group) is 1. The molecule has 2 aromatic carbocycles. The second-order valence-electron chi connectivity index (χ2n) is 6.44. The summed E-state index contributed by atoms with van der Waals surface area (Å²) in [6.45, 7) is 1.45. The molecule has 1 aliphatic heterocycles. The highest BCUT2D eigenvalue weighted by molar-refractivity contribution is 6.30. The zero-order chi connectivity index (χ0) is 21.8. The van der Waals surface area contributed by atoms with E-state index in [9.17, 15) is 18.4 Å². The molecule has 30 heavy (non-hydrogen) atoms. The maximum absolute atomic E-state index is 14.0. The number of hydrogen-bond donors (Lipinski definition) is 1. The summed E-state index contributed by atoms with van der Waals surface area (Å²) in [6.07, 6.45) is 0. The van der Waals surface area contributed by atoms with E-state index in [1.165, 1.54) is 11.9 Å². The molecule has 0 saturated heterocycles. The highest BCUT2D eigenvalue weighted by Gasteiger charge is 2.37. The van der Waals surface area contributed by atoms with Gasteiger partial charge in [0.15, 0.2) is 11.6 Å². The third-order valence-electron chi connectivity index (χ3n) is 4.51. The van der Waals surface area contributed by atoms with Crippen LogP contribution in [0.2, 0.25) is 5.02 Å². The summed E-state index contributed by atoms with van der Waals surface area (Å²) in [5.74, 6) is -2.53. The van der Waals surface area contributed by atoms with E-state index in [4.69, 9.17) is 21.1 Å². The number of nitrogens with zero attached hydrogens (tertiary/aromatic N) is 1. The average molecular weight is 437 g/mol. The Labute approximate surface area is 177 Å². The van der Waals surface area contributed by atoms with E-state index in [1.54, 1.807) is 31.2 Å². The molecule has 2 amide bonds. The van der Waals surface area contributed by atoms with Crippen molar-refractivity contribution in [3.63, 3.8) is 0 Å². The topological polar surface area (TPSA) is 67.9 Å². The second-order valence-corrected chi connectivity index (χ2v) is 6.88. The van der Waals surface area contributed by atoms with Gasteiger partial charge in [-0.25, -0.2) is 18.4 Å². The van der Waals surface area contributed by atoms with E-state index in [2.05, 4.69) is 5.32 Å². The van der Waals surface area contributed by atoms with E-state index in [-0.39, 0.29) is 30.2 Å². The maximum atomic E-state index is 14.0. The minimum atomic E-state index is -0.900. The van der Waals surface area contributed by atoms with Crippen molar-refractivity contribution in [1.82, 2.24) is 10.2 Å². The number of hydrogen-bond acceptors (Lipinski definition) is 4. The predicted octanol–water partition coefficient (Wildman–Crippen LogP) is 4.21. The van der Waals surface area contributed by atoms with Gasteiger partial charge in [-0.15, -0.1) is 0 Å². The van der Waals surface area contributed by atoms with Crippen LogP contribution in [0.4, 0.5) is 13.6 Å². The molecule has 0 bridgehead atoms. The normalized spacial score (nSPS) is 16.4. The van der Waals surface area contributed by atoms with Gasteiger partial charge >= 0.3 is 12.0 Å². The number of amides is 2. The fourth-order valence-electron chi connectivity index (χ4n) is 3.06. The fourth-order valence-corrected chi connectivity index (χ4v) is 3.25. The van der Waals surface area contributed by atoms with Crippen LogP contribution in [0.3, 0.4) is 0 Å². The zero-order valence-corrected chi connectivity index (χ0v) is 17.0. The van der Waals surface area contributed by atoms with Gasteiger partial charge in [-0.2, -0.15) is 0 Å². The van der Waals surface area contributed by atoms with Crippen LogP contribution in [0.15, 0.2) is 53.7 Å². The van der Waals surface area contributed by atoms with Crippen LogP contribution in [-0.4, -0.2) is 37.2 Å². The van der Waals surface area contributed by atoms with Crippen LogP contribution in [0.1, 0.15) is 18.5 Å². The largest absolute Gasteiger partial charge is 0.484 e. The third kappa shape index (κ3) is 4.54. The lowest BCUT2D eigenvalue weighted by Gasteiger charge is -2.34. The summed E-state index contributed by atoms with van der Waals surface area (Å²) < 4.78 is 37.7. The van der Waals surface area contributed by atoms with Crippen molar-refractivity contribution in [3.8, 4) is 5.75 Å². The first-order valence-corrected chi connectivity index (χ1v) is 9.47. The summed E-state index contributed by atoms with van der Waals surface area (Å²) in [6, 6.07) is 8.20. The SMILES string of the molecule is CCOC(=O)C1=C(COc2ccc(F)cc2F)N(C)C(=O)N[C@H]1c1cccc(Cl)c1. The lowest BCUT2D eigenvalue weighted by atomic mass is 9.95. The molecule has 0 saturated carbocycles. The van der Waals surface area contributed by atoms with Gasteiger partial charge in [0, 0.05) is 18.1 Å². The highest BCUT2D eigenvalue weighted by atomic mass is 35.5. The first-order valence-electron chi connectivity index (χ1n) is 9.09. The number of esters is 1. The van der Waals surface area contributed by atoms with Gasteiger partial charge in [-0.3, -0.25) is 4.90 Å². The fraction of sp³-hybridized carbons (Fsp3) is 0.238. The number of ether oxygens (including phenoxy) is 2. The number of carbonyl (C=O) groups is 2. The van der Waals surface area contributed by atoms with Gasteiger partial charge in [0.25, 0.3) is 0 Å². The van der Waals surface area contributed by atoms with E-state index >= 15 is 0 Å². The number of carbonyl (C=O) groups excluding carboxylic acids is 2. The van der Waals surface area contributed by atoms with E-state index in [0.29, 0.717) is 16.7 Å². The van der Waals surface area contributed by atoms with Crippen LogP contribution < -0.4 is 10.1 Å². The summed E-state index contributed by atoms with van der Waals surface area (Å²) in [5.41, 5.74) is 0.882. The van der Waals surface area contributed by atoms with Crippen LogP contribution in [0.5, 0.6) is 5.75 Å². The Bertz CT molecular complexity index is 1010. The van der Waals surface area contributed by atoms with Crippen molar-refractivity contribution < 1.29 is 27.8 Å². The molecule has 9 heteroatoms. The minimum Gasteiger partial charge on any atom is -0.484 e. The van der Waals surface area contributed by atoms with Crippen molar-refractivity contribution in [1.29, 1.82) is 0 Å². The summed E-state index contributed by atoms with van der Waals surface area (Å²) in [4.78, 5) is 26.5. The molecule has 158 valence electrons. The summed E-state index contributed by atoms with van der Waals surface area (Å²) in [5, 5.41) is 3.16. The Morgan fingerprint density at radius 2 is 2.00 bits per heavy atom. The summed E-state index contributed by atoms with van der Waals surface area (Å²) >= 11 is 6.07.